The molecule has 0 amide bonds. The molecule has 37 heavy (non-hydrogen) atoms. The van der Waals surface area contributed by atoms with Gasteiger partial charge in [-0.15, -0.1) is 0 Å². The van der Waals surface area contributed by atoms with Gasteiger partial charge >= 0.3 is 0 Å². The van der Waals surface area contributed by atoms with Gasteiger partial charge < -0.3 is 15.5 Å². The lowest BCUT2D eigenvalue weighted by Gasteiger charge is -2.34. The first kappa shape index (κ1) is 24.0. The molecular weight excluding hydrogens is 450 g/mol. The second kappa shape index (κ2) is 10.2. The summed E-state index contributed by atoms with van der Waals surface area (Å²) < 4.78 is 0. The molecule has 0 aromatic heterocycles. The Bertz CT molecular complexity index is 1500. The van der Waals surface area contributed by atoms with Crippen LogP contribution in [0.25, 0.3) is 32.3 Å². The number of anilines is 1. The zero-order chi connectivity index (χ0) is 25.4. The second-order valence-corrected chi connectivity index (χ2v) is 10.9. The quantitative estimate of drug-likeness (QED) is 0.267. The summed E-state index contributed by atoms with van der Waals surface area (Å²) in [5.74, 6) is 0. The molecule has 1 unspecified atom stereocenters. The molecule has 1 atom stereocenters. The average Bonchev–Trinajstić information content (AvgIpc) is 2.93. The number of benzene rings is 5. The first-order chi connectivity index (χ1) is 18.1. The summed E-state index contributed by atoms with van der Waals surface area (Å²) in [7, 11) is 2.21. The third-order valence-electron chi connectivity index (χ3n) is 8.28. The Morgan fingerprint density at radius 2 is 1.38 bits per heavy atom. The summed E-state index contributed by atoms with van der Waals surface area (Å²) in [6.07, 6.45) is 3.23. The molecule has 0 radical (unpaired) electrons. The third-order valence-corrected chi connectivity index (χ3v) is 8.28. The first-order valence-corrected chi connectivity index (χ1v) is 13.7. The summed E-state index contributed by atoms with van der Waals surface area (Å²) in [6, 6.07) is 31.1. The molecular formula is C34H37N3. The van der Waals surface area contributed by atoms with E-state index in [1.165, 1.54) is 54.7 Å². The van der Waals surface area contributed by atoms with E-state index in [1.54, 1.807) is 0 Å². The van der Waals surface area contributed by atoms with E-state index in [9.17, 15) is 0 Å². The van der Waals surface area contributed by atoms with E-state index in [1.807, 2.05) is 0 Å². The molecule has 1 aliphatic heterocycles. The maximum atomic E-state index is 6.21. The van der Waals surface area contributed by atoms with Gasteiger partial charge in [-0.05, 0) is 94.4 Å². The number of hydrogen-bond acceptors (Lipinski definition) is 3. The molecule has 3 heteroatoms. The van der Waals surface area contributed by atoms with Crippen LogP contribution in [0.1, 0.15) is 23.1 Å². The molecule has 0 saturated carbocycles. The van der Waals surface area contributed by atoms with Crippen LogP contribution in [0.15, 0.2) is 84.9 Å². The Balaban J connectivity index is 0.000000210. The molecule has 188 valence electrons. The highest BCUT2D eigenvalue weighted by molar-refractivity contribution is 6.11. The average molecular weight is 488 g/mol. The molecule has 7 rings (SSSR count). The normalized spacial score (nSPS) is 18.0. The van der Waals surface area contributed by atoms with Crippen LogP contribution in [0, 0.1) is 6.92 Å². The molecule has 5 aromatic carbocycles. The number of fused-ring (bicyclic) bond motifs is 6. The van der Waals surface area contributed by atoms with E-state index < -0.39 is 0 Å². The van der Waals surface area contributed by atoms with Crippen LogP contribution in [0.2, 0.25) is 0 Å². The molecule has 1 heterocycles. The number of piperazine rings is 1. The minimum Gasteiger partial charge on any atom is -0.369 e. The highest BCUT2D eigenvalue weighted by atomic mass is 15.2. The zero-order valence-corrected chi connectivity index (χ0v) is 22.1. The summed E-state index contributed by atoms with van der Waals surface area (Å²) >= 11 is 0. The standard InChI is InChI=1S/C24H29N3.C10H8/c1-16-13-18-15-20(27-11-9-26(2)10-12-27)5-8-21(18)23-6-3-17-14-19(25)4-7-22(17)24(16)23;1-2-6-10-8-4-3-7-9(10)5-1/h3,5-6,8,13,15,19H,4,7,9-12,14,25H2,1-2H3;1-8H. The lowest BCUT2D eigenvalue weighted by Crippen LogP contribution is -2.44. The largest absolute Gasteiger partial charge is 0.369 e. The summed E-state index contributed by atoms with van der Waals surface area (Å²) in [6.45, 7) is 6.79. The van der Waals surface area contributed by atoms with Crippen LogP contribution in [0.4, 0.5) is 5.69 Å². The summed E-state index contributed by atoms with van der Waals surface area (Å²) in [5.41, 5.74) is 12.0. The van der Waals surface area contributed by atoms with E-state index in [-0.39, 0.29) is 0 Å². The number of likely N-dealkylation sites (N-methyl/N-ethyl adjacent to an activating group) is 1. The van der Waals surface area contributed by atoms with Crippen molar-refractivity contribution in [1.29, 1.82) is 0 Å². The highest BCUT2D eigenvalue weighted by Crippen LogP contribution is 2.36. The Morgan fingerprint density at radius 1 is 0.730 bits per heavy atom. The molecule has 5 aromatic rings. The first-order valence-electron chi connectivity index (χ1n) is 13.7. The van der Waals surface area contributed by atoms with Crippen molar-refractivity contribution in [3.05, 3.63) is 102 Å². The fourth-order valence-corrected chi connectivity index (χ4v) is 6.17. The smallest absolute Gasteiger partial charge is 0.0373 e. The van der Waals surface area contributed by atoms with Crippen LogP contribution in [-0.2, 0) is 12.8 Å². The van der Waals surface area contributed by atoms with Gasteiger partial charge in [0.2, 0.25) is 0 Å². The van der Waals surface area contributed by atoms with Crippen LogP contribution >= 0.6 is 0 Å². The van der Waals surface area contributed by atoms with E-state index in [2.05, 4.69) is 109 Å². The van der Waals surface area contributed by atoms with Crippen LogP contribution in [0.5, 0.6) is 0 Å². The van der Waals surface area contributed by atoms with Gasteiger partial charge in [0.05, 0.1) is 0 Å². The van der Waals surface area contributed by atoms with Crippen molar-refractivity contribution < 1.29 is 0 Å². The van der Waals surface area contributed by atoms with Gasteiger partial charge in [-0.3, -0.25) is 0 Å². The van der Waals surface area contributed by atoms with Crippen molar-refractivity contribution in [3.8, 4) is 0 Å². The van der Waals surface area contributed by atoms with Crippen LogP contribution < -0.4 is 10.6 Å². The third kappa shape index (κ3) is 4.82. The number of rotatable bonds is 1. The van der Waals surface area contributed by atoms with Crippen LogP contribution in [0.3, 0.4) is 0 Å². The molecule has 0 spiro atoms. The van der Waals surface area contributed by atoms with Crippen LogP contribution in [-0.4, -0.2) is 44.2 Å². The number of nitrogens with zero attached hydrogens (tertiary/aromatic N) is 2. The van der Waals surface area contributed by atoms with Crippen molar-refractivity contribution in [1.82, 2.24) is 4.90 Å². The summed E-state index contributed by atoms with van der Waals surface area (Å²) in [5, 5.41) is 8.24. The van der Waals surface area contributed by atoms with Gasteiger partial charge in [0, 0.05) is 37.9 Å². The van der Waals surface area contributed by atoms with Gasteiger partial charge in [0.1, 0.15) is 0 Å². The second-order valence-electron chi connectivity index (χ2n) is 10.9. The topological polar surface area (TPSA) is 32.5 Å². The SMILES string of the molecule is Cc1cc2cc(N3CCN(C)CC3)ccc2c2ccc3c(c12)CCC(N)C3.c1ccc2ccccc2c1. The van der Waals surface area contributed by atoms with Crippen molar-refractivity contribution in [2.45, 2.75) is 32.2 Å². The maximum absolute atomic E-state index is 6.21. The minimum absolute atomic E-state index is 0.321. The summed E-state index contributed by atoms with van der Waals surface area (Å²) in [4.78, 5) is 4.93. The number of nitrogens with two attached hydrogens (primary N) is 1. The van der Waals surface area contributed by atoms with Gasteiger partial charge in [0.25, 0.3) is 0 Å². The van der Waals surface area contributed by atoms with Crippen molar-refractivity contribution >= 4 is 38.0 Å². The maximum Gasteiger partial charge on any atom is 0.0373 e. The van der Waals surface area contributed by atoms with E-state index >= 15 is 0 Å². The molecule has 2 N–H and O–H groups in total. The van der Waals surface area contributed by atoms with Gasteiger partial charge in [-0.1, -0.05) is 72.8 Å². The number of hydrogen-bond donors (Lipinski definition) is 1. The van der Waals surface area contributed by atoms with Crippen molar-refractivity contribution in [2.75, 3.05) is 38.1 Å². The Labute approximate surface area is 220 Å². The van der Waals surface area contributed by atoms with E-state index in [4.69, 9.17) is 5.73 Å². The van der Waals surface area contributed by atoms with Gasteiger partial charge in [-0.25, -0.2) is 0 Å². The monoisotopic (exact) mass is 487 g/mol. The lowest BCUT2D eigenvalue weighted by molar-refractivity contribution is 0.313. The highest BCUT2D eigenvalue weighted by Gasteiger charge is 2.20. The van der Waals surface area contributed by atoms with Crippen molar-refractivity contribution in [2.24, 2.45) is 5.73 Å². The molecule has 3 nitrogen and oxygen atoms in total. The fraction of sp³-hybridized carbons (Fsp3) is 0.294. The Hall–Kier alpha value is -3.40. The molecule has 1 saturated heterocycles. The molecule has 1 aliphatic carbocycles. The molecule has 2 aliphatic rings. The number of aryl methyl sites for hydroxylation is 2. The fourth-order valence-electron chi connectivity index (χ4n) is 6.17. The minimum atomic E-state index is 0.321. The lowest BCUT2D eigenvalue weighted by atomic mass is 9.83. The van der Waals surface area contributed by atoms with E-state index in [0.29, 0.717) is 6.04 Å². The predicted octanol–water partition coefficient (Wildman–Crippen LogP) is 6.71. The Morgan fingerprint density at radius 3 is 2.05 bits per heavy atom. The van der Waals surface area contributed by atoms with E-state index in [0.717, 1.165) is 45.4 Å². The Kier molecular flexibility index (Phi) is 6.58. The molecule has 1 fully saturated rings. The zero-order valence-electron chi connectivity index (χ0n) is 22.1. The predicted molar refractivity (Wildman–Crippen MR) is 160 cm³/mol. The van der Waals surface area contributed by atoms with Crippen molar-refractivity contribution in [3.63, 3.8) is 0 Å². The van der Waals surface area contributed by atoms with Gasteiger partial charge in [-0.2, -0.15) is 0 Å². The van der Waals surface area contributed by atoms with Gasteiger partial charge in [0.15, 0.2) is 0 Å². The molecule has 0 bridgehead atoms.